The Morgan fingerprint density at radius 3 is 2.28 bits per heavy atom. The Labute approximate surface area is 315 Å². The highest BCUT2D eigenvalue weighted by Crippen LogP contribution is 2.31. The summed E-state index contributed by atoms with van der Waals surface area (Å²) in [5.41, 5.74) is 2.21. The summed E-state index contributed by atoms with van der Waals surface area (Å²) in [5.74, 6) is -0.442. The number of benzene rings is 2. The van der Waals surface area contributed by atoms with Crippen LogP contribution in [-0.2, 0) is 37.0 Å². The molecule has 3 atom stereocenters. The number of esters is 1. The number of hydrogen-bond acceptors (Lipinski definition) is 10. The molecule has 1 aliphatic rings. The van der Waals surface area contributed by atoms with Crippen LogP contribution in [0.1, 0.15) is 65.8 Å². The number of carboxylic acids is 1. The number of fused-ring (bicyclic) bond motifs is 1. The van der Waals surface area contributed by atoms with Crippen molar-refractivity contribution < 1.29 is 38.5 Å². The molecule has 1 unspecified atom stereocenters. The topological polar surface area (TPSA) is 165 Å². The average molecular weight is 743 g/mol. The van der Waals surface area contributed by atoms with Crippen LogP contribution in [0.5, 0.6) is 0 Å². The fraction of sp³-hybridized carbons (Fsp3) is 0.450. The summed E-state index contributed by atoms with van der Waals surface area (Å²) < 4.78 is 18.8. The SMILES string of the molecule is Cc1nc2cccc(-c3cccc(N[C@H]4C[C@@H](C(=O)O)N(C(=O)OC(C)(C)C)C4)n3)c2n1CCC(C(=O)OC(C)(C)C)N(C)C(=O)OCc1ccccc1. The first-order chi connectivity index (χ1) is 25.4. The lowest BCUT2D eigenvalue weighted by Gasteiger charge is -2.29. The molecule has 0 saturated carbocycles. The van der Waals surface area contributed by atoms with Crippen LogP contribution in [0, 0.1) is 6.92 Å². The van der Waals surface area contributed by atoms with Crippen molar-refractivity contribution in [2.24, 2.45) is 0 Å². The maximum Gasteiger partial charge on any atom is 0.411 e. The van der Waals surface area contributed by atoms with Crippen molar-refractivity contribution in [1.29, 1.82) is 0 Å². The highest BCUT2D eigenvalue weighted by atomic mass is 16.6. The van der Waals surface area contributed by atoms with Crippen LogP contribution < -0.4 is 5.32 Å². The number of rotatable bonds is 11. The number of aryl methyl sites for hydroxylation is 2. The molecule has 14 nitrogen and oxygen atoms in total. The number of likely N-dealkylation sites (N-methyl/N-ethyl adjacent to an activating group) is 1. The lowest BCUT2D eigenvalue weighted by molar-refractivity contribution is -0.160. The summed E-state index contributed by atoms with van der Waals surface area (Å²) in [7, 11) is 1.53. The number of likely N-dealkylation sites (tertiary alicyclic amines) is 1. The lowest BCUT2D eigenvalue weighted by atomic mass is 10.1. The van der Waals surface area contributed by atoms with E-state index >= 15 is 0 Å². The van der Waals surface area contributed by atoms with Crippen molar-refractivity contribution in [2.45, 2.75) is 104 Å². The van der Waals surface area contributed by atoms with Gasteiger partial charge in [0.1, 0.15) is 41.5 Å². The molecule has 1 saturated heterocycles. The number of carbonyl (C=O) groups is 4. The first-order valence-corrected chi connectivity index (χ1v) is 18.0. The molecule has 4 aromatic rings. The normalized spacial score (nSPS) is 16.5. The summed E-state index contributed by atoms with van der Waals surface area (Å²) in [5, 5.41) is 13.2. The van der Waals surface area contributed by atoms with Gasteiger partial charge in [-0.25, -0.2) is 29.1 Å². The van der Waals surface area contributed by atoms with E-state index in [1.807, 2.05) is 72.2 Å². The van der Waals surface area contributed by atoms with Gasteiger partial charge in [0, 0.05) is 38.2 Å². The Hall–Kier alpha value is -5.66. The van der Waals surface area contributed by atoms with Crippen molar-refractivity contribution in [3.63, 3.8) is 0 Å². The summed E-state index contributed by atoms with van der Waals surface area (Å²) >= 11 is 0. The number of aromatic nitrogens is 3. The van der Waals surface area contributed by atoms with E-state index in [0.717, 1.165) is 22.2 Å². The van der Waals surface area contributed by atoms with Crippen molar-refractivity contribution in [2.75, 3.05) is 18.9 Å². The maximum atomic E-state index is 13.6. The molecule has 1 fully saturated rings. The number of hydrogen-bond donors (Lipinski definition) is 2. The third-order valence-corrected chi connectivity index (χ3v) is 8.81. The molecule has 0 spiro atoms. The van der Waals surface area contributed by atoms with Crippen LogP contribution in [0.25, 0.3) is 22.3 Å². The number of nitrogens with zero attached hydrogens (tertiary/aromatic N) is 5. The smallest absolute Gasteiger partial charge is 0.411 e. The predicted octanol–water partition coefficient (Wildman–Crippen LogP) is 6.65. The van der Waals surface area contributed by atoms with Gasteiger partial charge in [-0.3, -0.25) is 9.80 Å². The third kappa shape index (κ3) is 9.85. The van der Waals surface area contributed by atoms with Gasteiger partial charge < -0.3 is 29.2 Å². The summed E-state index contributed by atoms with van der Waals surface area (Å²) in [4.78, 5) is 63.9. The van der Waals surface area contributed by atoms with Gasteiger partial charge in [-0.1, -0.05) is 48.5 Å². The zero-order chi connectivity index (χ0) is 39.4. The molecular formula is C40H50N6O8. The second-order valence-electron chi connectivity index (χ2n) is 15.4. The van der Waals surface area contributed by atoms with Gasteiger partial charge in [-0.15, -0.1) is 0 Å². The van der Waals surface area contributed by atoms with Gasteiger partial charge >= 0.3 is 24.1 Å². The van der Waals surface area contributed by atoms with Crippen LogP contribution in [0.15, 0.2) is 66.7 Å². The highest BCUT2D eigenvalue weighted by Gasteiger charge is 2.42. The molecule has 0 radical (unpaired) electrons. The number of carboxylic acid groups (broad SMARTS) is 1. The second kappa shape index (κ2) is 16.1. The molecular weight excluding hydrogens is 692 g/mol. The van der Waals surface area contributed by atoms with Gasteiger partial charge in [0.15, 0.2) is 0 Å². The number of ether oxygens (including phenoxy) is 3. The van der Waals surface area contributed by atoms with E-state index in [1.165, 1.54) is 16.8 Å². The van der Waals surface area contributed by atoms with Crippen LogP contribution in [-0.4, -0.2) is 96.5 Å². The van der Waals surface area contributed by atoms with Gasteiger partial charge in [-0.05, 0) is 78.6 Å². The van der Waals surface area contributed by atoms with E-state index in [4.69, 9.17) is 24.2 Å². The standard InChI is InChI=1S/C40H50N6O8/c1-25-41-30-18-12-16-28(29-17-13-19-33(43-29)42-27-22-32(35(47)48)46(23-27)38(51)54-40(5,6)7)34(30)45(25)21-20-31(36(49)53-39(2,3)4)44(8)37(50)52-24-26-14-10-9-11-15-26/h9-19,27,31-32H,20-24H2,1-8H3,(H,42,43)(H,47,48)/t27-,31?,32-/m0/s1. The monoisotopic (exact) mass is 742 g/mol. The summed E-state index contributed by atoms with van der Waals surface area (Å²) in [6.07, 6.45) is -0.945. The minimum Gasteiger partial charge on any atom is -0.480 e. The molecule has 3 heterocycles. The highest BCUT2D eigenvalue weighted by molar-refractivity contribution is 5.92. The number of aliphatic carboxylic acids is 1. The number of nitrogens with one attached hydrogen (secondary N) is 1. The quantitative estimate of drug-likeness (QED) is 0.125. The van der Waals surface area contributed by atoms with Crippen molar-refractivity contribution in [1.82, 2.24) is 24.3 Å². The molecule has 0 aliphatic carbocycles. The molecule has 14 heteroatoms. The zero-order valence-corrected chi connectivity index (χ0v) is 32.2. The lowest BCUT2D eigenvalue weighted by Crippen LogP contribution is -2.46. The van der Waals surface area contributed by atoms with Gasteiger partial charge in [0.25, 0.3) is 0 Å². The molecule has 2 aromatic carbocycles. The van der Waals surface area contributed by atoms with Gasteiger partial charge in [0.05, 0.1) is 16.7 Å². The second-order valence-corrected chi connectivity index (χ2v) is 15.4. The van der Waals surface area contributed by atoms with E-state index in [-0.39, 0.29) is 32.0 Å². The fourth-order valence-electron chi connectivity index (χ4n) is 6.39. The number of carbonyl (C=O) groups excluding carboxylic acids is 3. The van der Waals surface area contributed by atoms with Crippen LogP contribution in [0.4, 0.5) is 15.4 Å². The average Bonchev–Trinajstić information content (AvgIpc) is 3.66. The summed E-state index contributed by atoms with van der Waals surface area (Å²) in [6, 6.07) is 18.2. The molecule has 5 rings (SSSR count). The third-order valence-electron chi connectivity index (χ3n) is 8.81. The Morgan fingerprint density at radius 2 is 1.61 bits per heavy atom. The van der Waals surface area contributed by atoms with Crippen molar-refractivity contribution >= 4 is 41.0 Å². The number of anilines is 1. The summed E-state index contributed by atoms with van der Waals surface area (Å²) in [6.45, 7) is 12.9. The number of para-hydroxylation sites is 1. The van der Waals surface area contributed by atoms with Gasteiger partial charge in [0.2, 0.25) is 0 Å². The minimum absolute atomic E-state index is 0.0590. The molecule has 2 amide bonds. The maximum absolute atomic E-state index is 13.6. The predicted molar refractivity (Wildman–Crippen MR) is 203 cm³/mol. The first kappa shape index (κ1) is 39.5. The Morgan fingerprint density at radius 1 is 0.926 bits per heavy atom. The Kier molecular flexibility index (Phi) is 11.8. The minimum atomic E-state index is -1.11. The van der Waals surface area contributed by atoms with Crippen LogP contribution in [0.3, 0.4) is 0 Å². The molecule has 1 aliphatic heterocycles. The van der Waals surface area contributed by atoms with Crippen molar-refractivity contribution in [3.8, 4) is 11.3 Å². The number of pyridine rings is 1. The first-order valence-electron chi connectivity index (χ1n) is 18.0. The molecule has 0 bridgehead atoms. The Bertz CT molecular complexity index is 1980. The van der Waals surface area contributed by atoms with E-state index in [9.17, 15) is 24.3 Å². The fourth-order valence-corrected chi connectivity index (χ4v) is 6.39. The van der Waals surface area contributed by atoms with E-state index < -0.39 is 47.4 Å². The van der Waals surface area contributed by atoms with E-state index in [0.29, 0.717) is 23.9 Å². The number of imidazole rings is 1. The zero-order valence-electron chi connectivity index (χ0n) is 32.2. The van der Waals surface area contributed by atoms with E-state index in [1.54, 1.807) is 47.6 Å². The molecule has 2 N–H and O–H groups in total. The van der Waals surface area contributed by atoms with Gasteiger partial charge in [-0.2, -0.15) is 0 Å². The molecule has 288 valence electrons. The molecule has 54 heavy (non-hydrogen) atoms. The van der Waals surface area contributed by atoms with E-state index in [2.05, 4.69) is 5.32 Å². The van der Waals surface area contributed by atoms with Crippen molar-refractivity contribution in [3.05, 3.63) is 78.1 Å². The largest absolute Gasteiger partial charge is 0.480 e. The molecule has 2 aromatic heterocycles. The van der Waals surface area contributed by atoms with Crippen LogP contribution in [0.2, 0.25) is 0 Å². The number of amides is 2. The van der Waals surface area contributed by atoms with Crippen LogP contribution >= 0.6 is 0 Å². The Balaban J connectivity index is 1.38.